The van der Waals surface area contributed by atoms with Crippen molar-refractivity contribution in [2.45, 2.75) is 334 Å². The van der Waals surface area contributed by atoms with Crippen LogP contribution in [-0.4, -0.2) is 47.4 Å². The molecule has 0 aliphatic rings. The second-order valence-corrected chi connectivity index (χ2v) is 20.3. The molecule has 0 fully saturated rings. The molecule has 0 rings (SSSR count). The largest absolute Gasteiger partial charge is 0.466 e. The van der Waals surface area contributed by atoms with Gasteiger partial charge in [-0.1, -0.05) is 276 Å². The first-order chi connectivity index (χ1) is 32.5. The van der Waals surface area contributed by atoms with Crippen molar-refractivity contribution in [2.75, 3.05) is 13.2 Å². The van der Waals surface area contributed by atoms with E-state index in [4.69, 9.17) is 4.74 Å². The lowest BCUT2D eigenvalue weighted by atomic mass is 10.0. The van der Waals surface area contributed by atoms with Gasteiger partial charge in [0.05, 0.1) is 25.4 Å². The Balaban J connectivity index is 3.42. The molecule has 0 aromatic rings. The minimum absolute atomic E-state index is 0.0100. The van der Waals surface area contributed by atoms with Gasteiger partial charge in [-0.05, 0) is 57.8 Å². The number of nitrogens with one attached hydrogen (secondary N) is 1. The molecule has 0 aromatic heterocycles. The SMILES string of the molecule is CCCCCCCCCCCCCCCCCC(=O)OCCCCCCCCCCC/C=C\C/C=C\CCCCCCCCCC(=O)NC(CO)C(O)CCCCCCCCCCCCC. The maximum absolute atomic E-state index is 12.4. The summed E-state index contributed by atoms with van der Waals surface area (Å²) in [5, 5.41) is 23.2. The topological polar surface area (TPSA) is 95.9 Å². The summed E-state index contributed by atoms with van der Waals surface area (Å²) in [4.78, 5) is 24.5. The number of amides is 1. The summed E-state index contributed by atoms with van der Waals surface area (Å²) in [5.41, 5.74) is 0. The van der Waals surface area contributed by atoms with Gasteiger partial charge >= 0.3 is 5.97 Å². The zero-order valence-corrected chi connectivity index (χ0v) is 44.4. The van der Waals surface area contributed by atoms with E-state index in [1.807, 2.05) is 0 Å². The molecule has 390 valence electrons. The molecule has 0 saturated heterocycles. The maximum atomic E-state index is 12.4. The Bertz CT molecular complexity index is 1030. The Labute approximate surface area is 411 Å². The molecular weight excluding hydrogens is 815 g/mol. The maximum Gasteiger partial charge on any atom is 0.305 e. The minimum atomic E-state index is -0.669. The van der Waals surface area contributed by atoms with Crippen LogP contribution < -0.4 is 5.32 Å². The smallest absolute Gasteiger partial charge is 0.305 e. The van der Waals surface area contributed by atoms with E-state index in [1.54, 1.807) is 0 Å². The number of esters is 1. The average Bonchev–Trinajstić information content (AvgIpc) is 3.32. The molecule has 0 aromatic carbocycles. The number of unbranched alkanes of at least 4 members (excludes halogenated alkanes) is 40. The van der Waals surface area contributed by atoms with Crippen LogP contribution >= 0.6 is 0 Å². The Morgan fingerprint density at radius 3 is 1.15 bits per heavy atom. The van der Waals surface area contributed by atoms with Gasteiger partial charge < -0.3 is 20.3 Å². The lowest BCUT2D eigenvalue weighted by Crippen LogP contribution is -2.45. The van der Waals surface area contributed by atoms with Crippen molar-refractivity contribution >= 4 is 11.9 Å². The van der Waals surface area contributed by atoms with Gasteiger partial charge in [0, 0.05) is 12.8 Å². The summed E-state index contributed by atoms with van der Waals surface area (Å²) < 4.78 is 5.48. The van der Waals surface area contributed by atoms with Crippen molar-refractivity contribution in [1.82, 2.24) is 5.32 Å². The van der Waals surface area contributed by atoms with Gasteiger partial charge in [-0.25, -0.2) is 0 Å². The first-order valence-corrected chi connectivity index (χ1v) is 29.6. The van der Waals surface area contributed by atoms with Crippen LogP contribution in [0.5, 0.6) is 0 Å². The molecule has 0 radical (unpaired) electrons. The average molecular weight is 931 g/mol. The monoisotopic (exact) mass is 930 g/mol. The number of carbonyl (C=O) groups excluding carboxylic acids is 2. The number of hydrogen-bond donors (Lipinski definition) is 3. The first-order valence-electron chi connectivity index (χ1n) is 29.6. The third-order valence-electron chi connectivity index (χ3n) is 13.8. The van der Waals surface area contributed by atoms with Crippen molar-refractivity contribution < 1.29 is 24.5 Å². The minimum Gasteiger partial charge on any atom is -0.466 e. The highest BCUT2D eigenvalue weighted by atomic mass is 16.5. The van der Waals surface area contributed by atoms with Crippen LogP contribution in [0.15, 0.2) is 24.3 Å². The second kappa shape index (κ2) is 55.9. The van der Waals surface area contributed by atoms with E-state index in [0.717, 1.165) is 51.4 Å². The predicted octanol–water partition coefficient (Wildman–Crippen LogP) is 18.2. The van der Waals surface area contributed by atoms with Gasteiger partial charge in [-0.2, -0.15) is 0 Å². The lowest BCUT2D eigenvalue weighted by Gasteiger charge is -2.22. The van der Waals surface area contributed by atoms with Gasteiger partial charge in [-0.3, -0.25) is 9.59 Å². The summed E-state index contributed by atoms with van der Waals surface area (Å²) in [6.07, 6.45) is 67.5. The van der Waals surface area contributed by atoms with E-state index in [9.17, 15) is 19.8 Å². The molecule has 1 amide bonds. The summed E-state index contributed by atoms with van der Waals surface area (Å²) in [5.74, 6) is -0.0358. The van der Waals surface area contributed by atoms with E-state index in [1.165, 1.54) is 238 Å². The van der Waals surface area contributed by atoms with Crippen LogP contribution in [0.25, 0.3) is 0 Å². The van der Waals surface area contributed by atoms with Crippen LogP contribution in [0.1, 0.15) is 322 Å². The third kappa shape index (κ3) is 51.7. The van der Waals surface area contributed by atoms with E-state index >= 15 is 0 Å². The summed E-state index contributed by atoms with van der Waals surface area (Å²) >= 11 is 0. The fourth-order valence-electron chi connectivity index (χ4n) is 9.20. The Morgan fingerprint density at radius 2 is 0.758 bits per heavy atom. The number of rotatable bonds is 55. The van der Waals surface area contributed by atoms with Crippen LogP contribution in [0.3, 0.4) is 0 Å². The van der Waals surface area contributed by atoms with Crippen molar-refractivity contribution in [2.24, 2.45) is 0 Å². The molecule has 0 spiro atoms. The molecule has 6 heteroatoms. The molecule has 66 heavy (non-hydrogen) atoms. The van der Waals surface area contributed by atoms with E-state index in [0.29, 0.717) is 25.9 Å². The highest BCUT2D eigenvalue weighted by Gasteiger charge is 2.20. The Kier molecular flexibility index (Phi) is 54.5. The Morgan fingerprint density at radius 1 is 0.424 bits per heavy atom. The molecule has 6 nitrogen and oxygen atoms in total. The van der Waals surface area contributed by atoms with Crippen LogP contribution in [0.4, 0.5) is 0 Å². The van der Waals surface area contributed by atoms with Crippen LogP contribution in [0.2, 0.25) is 0 Å². The zero-order valence-electron chi connectivity index (χ0n) is 44.4. The van der Waals surface area contributed by atoms with Gasteiger partial charge in [0.1, 0.15) is 0 Å². The number of hydrogen-bond acceptors (Lipinski definition) is 5. The molecule has 0 aliphatic carbocycles. The molecule has 0 bridgehead atoms. The summed E-state index contributed by atoms with van der Waals surface area (Å²) in [6, 6.07) is -0.547. The van der Waals surface area contributed by atoms with E-state index < -0.39 is 12.1 Å². The zero-order chi connectivity index (χ0) is 47.9. The molecular formula is C60H115NO5. The predicted molar refractivity (Wildman–Crippen MR) is 287 cm³/mol. The highest BCUT2D eigenvalue weighted by Crippen LogP contribution is 2.17. The fourth-order valence-corrected chi connectivity index (χ4v) is 9.20. The molecule has 2 atom stereocenters. The lowest BCUT2D eigenvalue weighted by molar-refractivity contribution is -0.143. The number of aliphatic hydroxyl groups is 2. The van der Waals surface area contributed by atoms with E-state index in [-0.39, 0.29) is 18.5 Å². The summed E-state index contributed by atoms with van der Waals surface area (Å²) in [7, 11) is 0. The molecule has 2 unspecified atom stereocenters. The van der Waals surface area contributed by atoms with Crippen molar-refractivity contribution in [3.8, 4) is 0 Å². The van der Waals surface area contributed by atoms with Crippen molar-refractivity contribution in [3.63, 3.8) is 0 Å². The third-order valence-corrected chi connectivity index (χ3v) is 13.8. The quantitative estimate of drug-likeness (QED) is 0.0321. The van der Waals surface area contributed by atoms with Gasteiger partial charge in [0.2, 0.25) is 5.91 Å². The standard InChI is InChI=1S/C60H115NO5/c1-3-5-7-9-11-13-15-16-26-30-34-38-42-46-50-54-60(65)66-55-51-47-43-39-35-31-28-25-23-21-19-17-18-20-22-24-27-29-33-37-41-45-49-53-59(64)61-57(56-62)58(63)52-48-44-40-36-32-14-12-10-8-6-4-2/h17,19-20,22,57-58,62-63H,3-16,18,21,23-56H2,1-2H3,(H,61,64)/b19-17-,22-20-. The molecule has 0 heterocycles. The fraction of sp³-hybridized carbons (Fsp3) is 0.900. The highest BCUT2D eigenvalue weighted by molar-refractivity contribution is 5.76. The number of aliphatic hydroxyl groups excluding tert-OH is 2. The van der Waals surface area contributed by atoms with Gasteiger partial charge in [-0.15, -0.1) is 0 Å². The molecule has 3 N–H and O–H groups in total. The number of carbonyl (C=O) groups is 2. The van der Waals surface area contributed by atoms with Crippen molar-refractivity contribution in [1.29, 1.82) is 0 Å². The van der Waals surface area contributed by atoms with Crippen LogP contribution in [-0.2, 0) is 14.3 Å². The summed E-state index contributed by atoms with van der Waals surface area (Å²) in [6.45, 7) is 4.95. The molecule has 0 aliphatic heterocycles. The van der Waals surface area contributed by atoms with Crippen molar-refractivity contribution in [3.05, 3.63) is 24.3 Å². The second-order valence-electron chi connectivity index (χ2n) is 20.3. The van der Waals surface area contributed by atoms with E-state index in [2.05, 4.69) is 43.5 Å². The van der Waals surface area contributed by atoms with Crippen LogP contribution in [0, 0.1) is 0 Å². The first kappa shape index (κ1) is 64.3. The van der Waals surface area contributed by atoms with Gasteiger partial charge in [0.25, 0.3) is 0 Å². The Hall–Kier alpha value is -1.66. The number of allylic oxidation sites excluding steroid dienone is 4. The molecule has 0 saturated carbocycles. The normalized spacial score (nSPS) is 12.7. The number of ether oxygens (including phenoxy) is 1. The van der Waals surface area contributed by atoms with Gasteiger partial charge in [0.15, 0.2) is 0 Å².